The van der Waals surface area contributed by atoms with Gasteiger partial charge in [-0.1, -0.05) is 115 Å². The van der Waals surface area contributed by atoms with Crippen LogP contribution in [0.5, 0.6) is 0 Å². The zero-order valence-corrected chi connectivity index (χ0v) is 30.0. The van der Waals surface area contributed by atoms with Crippen molar-refractivity contribution in [3.05, 3.63) is 193 Å². The summed E-state index contributed by atoms with van der Waals surface area (Å²) in [6, 6.07) is 66.7. The van der Waals surface area contributed by atoms with Crippen molar-refractivity contribution in [2.24, 2.45) is 0 Å². The lowest BCUT2D eigenvalue weighted by molar-refractivity contribution is 1.17. The fourth-order valence-corrected chi connectivity index (χ4v) is 8.42. The van der Waals surface area contributed by atoms with Crippen molar-refractivity contribution < 1.29 is 0 Å². The maximum Gasteiger partial charge on any atom is 0.101 e. The zero-order chi connectivity index (χ0) is 37.8. The molecule has 10 rings (SSSR count). The van der Waals surface area contributed by atoms with Gasteiger partial charge in [-0.05, 0) is 88.5 Å². The Morgan fingerprint density at radius 2 is 0.964 bits per heavy atom. The Bertz CT molecular complexity index is 3360. The summed E-state index contributed by atoms with van der Waals surface area (Å²) in [5, 5.41) is 34.1. The molecule has 2 aromatic heterocycles. The highest BCUT2D eigenvalue weighted by molar-refractivity contribution is 6.15. The Hall–Kier alpha value is -8.17. The molecular weight excluding hydrogens is 683 g/mol. The van der Waals surface area contributed by atoms with E-state index in [1.807, 2.05) is 72.8 Å². The van der Waals surface area contributed by atoms with Crippen LogP contribution in [0.2, 0.25) is 0 Å². The number of nitriles is 3. The predicted molar refractivity (Wildman–Crippen MR) is 226 cm³/mol. The van der Waals surface area contributed by atoms with Crippen molar-refractivity contribution >= 4 is 43.6 Å². The Kier molecular flexibility index (Phi) is 7.57. The first-order chi connectivity index (χ1) is 27.7. The summed E-state index contributed by atoms with van der Waals surface area (Å²) in [6.45, 7) is 0. The molecule has 2 heterocycles. The molecule has 0 spiro atoms. The molecule has 0 amide bonds. The molecule has 258 valence electrons. The average molecular weight is 712 g/mol. The summed E-state index contributed by atoms with van der Waals surface area (Å²) in [5.74, 6) is 0. The van der Waals surface area contributed by atoms with Crippen LogP contribution in [0.3, 0.4) is 0 Å². The molecule has 0 bridgehead atoms. The van der Waals surface area contributed by atoms with E-state index in [0.29, 0.717) is 16.7 Å². The quantitative estimate of drug-likeness (QED) is 0.178. The van der Waals surface area contributed by atoms with Crippen LogP contribution in [0.1, 0.15) is 16.7 Å². The Morgan fingerprint density at radius 3 is 1.77 bits per heavy atom. The molecule has 0 saturated carbocycles. The molecule has 0 unspecified atom stereocenters. The second-order valence-corrected chi connectivity index (χ2v) is 13.8. The number of aromatic nitrogens is 2. The SMILES string of the molecule is N#Cc1cccc(-n2c3ccc(C#N)cc3c3cccc(-c4ccccc4-c4ccccc4-c4ccc5c6ccccc6n(-c6ccccc6C#N)c5c4)c32)c1. The zero-order valence-electron chi connectivity index (χ0n) is 30.0. The van der Waals surface area contributed by atoms with Gasteiger partial charge in [-0.2, -0.15) is 15.8 Å². The van der Waals surface area contributed by atoms with Crippen LogP contribution in [0.25, 0.3) is 88.4 Å². The van der Waals surface area contributed by atoms with Gasteiger partial charge in [0.25, 0.3) is 0 Å². The highest BCUT2D eigenvalue weighted by atomic mass is 15.0. The highest BCUT2D eigenvalue weighted by Gasteiger charge is 2.21. The largest absolute Gasteiger partial charge is 0.309 e. The van der Waals surface area contributed by atoms with Crippen LogP contribution < -0.4 is 0 Å². The Labute approximate surface area is 323 Å². The number of hydrogen-bond acceptors (Lipinski definition) is 3. The average Bonchev–Trinajstić information content (AvgIpc) is 3.78. The van der Waals surface area contributed by atoms with Crippen LogP contribution in [0, 0.1) is 34.0 Å². The molecule has 56 heavy (non-hydrogen) atoms. The van der Waals surface area contributed by atoms with Gasteiger partial charge in [0.15, 0.2) is 0 Å². The number of hydrogen-bond donors (Lipinski definition) is 0. The molecule has 0 aliphatic rings. The van der Waals surface area contributed by atoms with Gasteiger partial charge in [-0.15, -0.1) is 0 Å². The van der Waals surface area contributed by atoms with Crippen LogP contribution >= 0.6 is 0 Å². The molecule has 0 atom stereocenters. The molecule has 0 aliphatic heterocycles. The van der Waals surface area contributed by atoms with Gasteiger partial charge in [0, 0.05) is 32.8 Å². The van der Waals surface area contributed by atoms with E-state index in [1.165, 1.54) is 0 Å². The van der Waals surface area contributed by atoms with Crippen LogP contribution in [-0.4, -0.2) is 9.13 Å². The van der Waals surface area contributed by atoms with Gasteiger partial charge in [0.1, 0.15) is 6.07 Å². The fourth-order valence-electron chi connectivity index (χ4n) is 8.42. The Morgan fingerprint density at radius 1 is 0.357 bits per heavy atom. The summed E-state index contributed by atoms with van der Waals surface area (Å²) in [5.41, 5.74) is 13.9. The summed E-state index contributed by atoms with van der Waals surface area (Å²) in [4.78, 5) is 0. The molecule has 0 saturated heterocycles. The van der Waals surface area contributed by atoms with Crippen molar-refractivity contribution in [2.75, 3.05) is 0 Å². The number of para-hydroxylation sites is 3. The predicted octanol–water partition coefficient (Wildman–Crippen LogP) is 12.5. The van der Waals surface area contributed by atoms with Gasteiger partial charge >= 0.3 is 0 Å². The van der Waals surface area contributed by atoms with Crippen molar-refractivity contribution in [1.29, 1.82) is 15.8 Å². The first-order valence-corrected chi connectivity index (χ1v) is 18.4. The molecule has 0 fully saturated rings. The van der Waals surface area contributed by atoms with Crippen LogP contribution in [-0.2, 0) is 0 Å². The van der Waals surface area contributed by atoms with E-state index < -0.39 is 0 Å². The number of nitrogens with zero attached hydrogens (tertiary/aromatic N) is 5. The first-order valence-electron chi connectivity index (χ1n) is 18.4. The minimum Gasteiger partial charge on any atom is -0.309 e. The van der Waals surface area contributed by atoms with E-state index in [0.717, 1.165) is 88.4 Å². The van der Waals surface area contributed by atoms with Crippen LogP contribution in [0.4, 0.5) is 0 Å². The topological polar surface area (TPSA) is 81.2 Å². The van der Waals surface area contributed by atoms with E-state index in [4.69, 9.17) is 0 Å². The van der Waals surface area contributed by atoms with Gasteiger partial charge in [-0.25, -0.2) is 0 Å². The third-order valence-corrected chi connectivity index (χ3v) is 10.8. The third-order valence-electron chi connectivity index (χ3n) is 10.8. The lowest BCUT2D eigenvalue weighted by Gasteiger charge is -2.17. The minimum atomic E-state index is 0.574. The van der Waals surface area contributed by atoms with Crippen molar-refractivity contribution in [1.82, 2.24) is 9.13 Å². The molecule has 8 aromatic carbocycles. The number of benzene rings is 8. The van der Waals surface area contributed by atoms with E-state index in [9.17, 15) is 15.8 Å². The van der Waals surface area contributed by atoms with Gasteiger partial charge in [0.2, 0.25) is 0 Å². The third kappa shape index (κ3) is 4.99. The number of rotatable bonds is 5. The molecule has 0 radical (unpaired) electrons. The van der Waals surface area contributed by atoms with Gasteiger partial charge in [0.05, 0.1) is 56.6 Å². The second kappa shape index (κ2) is 13.0. The molecule has 0 N–H and O–H groups in total. The Balaban J connectivity index is 1.22. The smallest absolute Gasteiger partial charge is 0.101 e. The van der Waals surface area contributed by atoms with Gasteiger partial charge in [-0.3, -0.25) is 0 Å². The van der Waals surface area contributed by atoms with Crippen molar-refractivity contribution in [3.63, 3.8) is 0 Å². The van der Waals surface area contributed by atoms with Gasteiger partial charge < -0.3 is 9.13 Å². The molecule has 5 nitrogen and oxygen atoms in total. The van der Waals surface area contributed by atoms with Crippen LogP contribution in [0.15, 0.2) is 176 Å². The standard InChI is InChI=1S/C51H29N5/c52-30-33-11-9-13-37(27-33)55-49-26-23-34(31-53)28-46(49)45-20-10-19-44(51(45)55)41-17-5-4-16-40(41)39-15-3-2-14-38(39)35-24-25-43-42-18-6-8-22-48(42)56(50(43)29-35)47-21-7-1-12-36(47)32-54/h1-29H. The summed E-state index contributed by atoms with van der Waals surface area (Å²) in [7, 11) is 0. The van der Waals surface area contributed by atoms with Crippen molar-refractivity contribution in [3.8, 4) is 63.0 Å². The molecule has 5 heteroatoms. The first kappa shape index (κ1) is 32.5. The molecular formula is C51H29N5. The summed E-state index contributed by atoms with van der Waals surface area (Å²) < 4.78 is 4.43. The van der Waals surface area contributed by atoms with E-state index >= 15 is 0 Å². The normalized spacial score (nSPS) is 11.2. The van der Waals surface area contributed by atoms with Crippen molar-refractivity contribution in [2.45, 2.75) is 0 Å². The van der Waals surface area contributed by atoms with E-state index in [1.54, 1.807) is 0 Å². The lowest BCUT2D eigenvalue weighted by atomic mass is 9.88. The maximum atomic E-state index is 10.1. The monoisotopic (exact) mass is 711 g/mol. The maximum absolute atomic E-state index is 10.1. The minimum absolute atomic E-state index is 0.574. The molecule has 10 aromatic rings. The fraction of sp³-hybridized carbons (Fsp3) is 0. The summed E-state index contributed by atoms with van der Waals surface area (Å²) >= 11 is 0. The van der Waals surface area contributed by atoms with E-state index in [-0.39, 0.29) is 0 Å². The highest BCUT2D eigenvalue weighted by Crippen LogP contribution is 2.44. The second-order valence-electron chi connectivity index (χ2n) is 13.8. The summed E-state index contributed by atoms with van der Waals surface area (Å²) in [6.07, 6.45) is 0. The van der Waals surface area contributed by atoms with E-state index in [2.05, 4.69) is 130 Å². The number of fused-ring (bicyclic) bond motifs is 6. The lowest BCUT2D eigenvalue weighted by Crippen LogP contribution is -1.98. The molecule has 0 aliphatic carbocycles.